The van der Waals surface area contributed by atoms with Crippen LogP contribution in [0.1, 0.15) is 21.7 Å². The van der Waals surface area contributed by atoms with Crippen LogP contribution in [-0.4, -0.2) is 31.0 Å². The maximum absolute atomic E-state index is 11.7. The van der Waals surface area contributed by atoms with E-state index in [4.69, 9.17) is 0 Å². The normalized spacial score (nSPS) is 8.88. The van der Waals surface area contributed by atoms with Gasteiger partial charge in [-0.05, 0) is 33.0 Å². The van der Waals surface area contributed by atoms with E-state index < -0.39 is 0 Å². The number of aromatic nitrogens is 1. The Bertz CT molecular complexity index is 359. The monoisotopic (exact) mass is 279 g/mol. The number of hydrogen-bond acceptors (Lipinski definition) is 3. The van der Waals surface area contributed by atoms with Gasteiger partial charge in [0.15, 0.2) is 0 Å². The first-order valence-corrected chi connectivity index (χ1v) is 5.02. The van der Waals surface area contributed by atoms with E-state index in [9.17, 15) is 4.79 Å². The summed E-state index contributed by atoms with van der Waals surface area (Å²) < 4.78 is 0. The first-order valence-electron chi connectivity index (χ1n) is 5.02. The molecule has 0 saturated heterocycles. The predicted octanol–water partition coefficient (Wildman–Crippen LogP) is 1.49. The van der Waals surface area contributed by atoms with Gasteiger partial charge in [-0.2, -0.15) is 0 Å². The van der Waals surface area contributed by atoms with Crippen molar-refractivity contribution in [1.82, 2.24) is 15.6 Å². The summed E-state index contributed by atoms with van der Waals surface area (Å²) in [5.41, 5.74) is 2.35. The van der Waals surface area contributed by atoms with Crippen LogP contribution in [0.5, 0.6) is 0 Å². The fourth-order valence-corrected chi connectivity index (χ4v) is 1.32. The Labute approximate surface area is 114 Å². The lowest BCUT2D eigenvalue weighted by Gasteiger charge is -2.07. The fraction of sp³-hybridized carbons (Fsp3) is 0.455. The molecule has 0 unspecified atom stereocenters. The summed E-state index contributed by atoms with van der Waals surface area (Å²) >= 11 is 0. The molecule has 0 radical (unpaired) electrons. The lowest BCUT2D eigenvalue weighted by molar-refractivity contribution is 0.0953. The van der Waals surface area contributed by atoms with E-state index in [1.165, 1.54) is 0 Å². The minimum absolute atomic E-state index is 0. The third-order valence-electron chi connectivity index (χ3n) is 2.13. The molecule has 1 amide bonds. The maximum atomic E-state index is 11.7. The summed E-state index contributed by atoms with van der Waals surface area (Å²) in [5.74, 6) is -0.0600. The van der Waals surface area contributed by atoms with Crippen LogP contribution >= 0.6 is 24.8 Å². The predicted molar refractivity (Wildman–Crippen MR) is 74.5 cm³/mol. The van der Waals surface area contributed by atoms with Crippen molar-refractivity contribution >= 4 is 30.7 Å². The molecular weight excluding hydrogens is 261 g/mol. The topological polar surface area (TPSA) is 54.0 Å². The Hall–Kier alpha value is -0.840. The highest BCUT2D eigenvalue weighted by atomic mass is 35.5. The summed E-state index contributed by atoms with van der Waals surface area (Å²) in [7, 11) is 1.85. The van der Waals surface area contributed by atoms with Gasteiger partial charge in [0.05, 0.1) is 11.3 Å². The number of nitrogens with one attached hydrogen (secondary N) is 2. The molecule has 0 bridgehead atoms. The van der Waals surface area contributed by atoms with Crippen LogP contribution in [0, 0.1) is 13.8 Å². The van der Waals surface area contributed by atoms with Gasteiger partial charge in [0.25, 0.3) is 5.91 Å². The van der Waals surface area contributed by atoms with Crippen LogP contribution in [0.15, 0.2) is 12.1 Å². The van der Waals surface area contributed by atoms with Gasteiger partial charge in [-0.25, -0.2) is 0 Å². The van der Waals surface area contributed by atoms with Crippen LogP contribution in [0.3, 0.4) is 0 Å². The van der Waals surface area contributed by atoms with Crippen LogP contribution in [0.25, 0.3) is 0 Å². The molecule has 1 aromatic heterocycles. The Morgan fingerprint density at radius 3 is 2.41 bits per heavy atom. The van der Waals surface area contributed by atoms with Gasteiger partial charge in [0, 0.05) is 18.8 Å². The molecule has 0 aliphatic carbocycles. The molecule has 1 aromatic rings. The molecule has 98 valence electrons. The van der Waals surface area contributed by atoms with Crippen LogP contribution < -0.4 is 10.6 Å². The lowest BCUT2D eigenvalue weighted by atomic mass is 10.2. The number of hydrogen-bond donors (Lipinski definition) is 2. The average Bonchev–Trinajstić information content (AvgIpc) is 2.17. The maximum Gasteiger partial charge on any atom is 0.253 e. The van der Waals surface area contributed by atoms with Gasteiger partial charge >= 0.3 is 0 Å². The Balaban J connectivity index is 0. The second kappa shape index (κ2) is 9.22. The van der Waals surface area contributed by atoms with Crippen molar-refractivity contribution in [2.24, 2.45) is 0 Å². The summed E-state index contributed by atoms with van der Waals surface area (Å²) in [4.78, 5) is 15.9. The van der Waals surface area contributed by atoms with Crippen molar-refractivity contribution in [2.45, 2.75) is 13.8 Å². The van der Waals surface area contributed by atoms with Crippen molar-refractivity contribution < 1.29 is 4.79 Å². The summed E-state index contributed by atoms with van der Waals surface area (Å²) in [6.07, 6.45) is 0. The summed E-state index contributed by atoms with van der Waals surface area (Å²) in [6.45, 7) is 5.16. The quantitative estimate of drug-likeness (QED) is 0.822. The highest BCUT2D eigenvalue weighted by Gasteiger charge is 2.08. The molecule has 0 fully saturated rings. The van der Waals surface area contributed by atoms with Crippen molar-refractivity contribution in [2.75, 3.05) is 20.1 Å². The van der Waals surface area contributed by atoms with Crippen LogP contribution in [0.2, 0.25) is 0 Å². The highest BCUT2D eigenvalue weighted by molar-refractivity contribution is 5.95. The van der Waals surface area contributed by atoms with Crippen molar-refractivity contribution in [3.8, 4) is 0 Å². The first kappa shape index (κ1) is 18.5. The number of pyridine rings is 1. The molecule has 0 aliphatic heterocycles. The molecule has 6 heteroatoms. The van der Waals surface area contributed by atoms with Gasteiger partial charge in [0.1, 0.15) is 0 Å². The van der Waals surface area contributed by atoms with Gasteiger partial charge in [-0.1, -0.05) is 0 Å². The molecule has 0 aliphatic rings. The number of carbonyl (C=O) groups excluding carboxylic acids is 1. The molecule has 4 nitrogen and oxygen atoms in total. The zero-order valence-corrected chi connectivity index (χ0v) is 11.9. The second-order valence-electron chi connectivity index (χ2n) is 3.45. The third kappa shape index (κ3) is 5.86. The number of halogens is 2. The SMILES string of the molecule is CNCCNC(=O)c1ccc(C)nc1C.Cl.Cl. The van der Waals surface area contributed by atoms with Gasteiger partial charge < -0.3 is 10.6 Å². The minimum atomic E-state index is -0.0600. The van der Waals surface area contributed by atoms with Crippen LogP contribution in [0.4, 0.5) is 0 Å². The van der Waals surface area contributed by atoms with E-state index in [0.717, 1.165) is 17.9 Å². The van der Waals surface area contributed by atoms with Gasteiger partial charge in [-0.15, -0.1) is 24.8 Å². The van der Waals surface area contributed by atoms with E-state index in [0.29, 0.717) is 12.1 Å². The molecule has 0 atom stereocenters. The molecule has 1 heterocycles. The summed E-state index contributed by atoms with van der Waals surface area (Å²) in [5, 5.41) is 5.79. The van der Waals surface area contributed by atoms with Crippen molar-refractivity contribution in [3.63, 3.8) is 0 Å². The summed E-state index contributed by atoms with van der Waals surface area (Å²) in [6, 6.07) is 3.66. The standard InChI is InChI=1S/C11H17N3O.2ClH/c1-8-4-5-10(9(2)14-8)11(15)13-7-6-12-3;;/h4-5,12H,6-7H2,1-3H3,(H,13,15);2*1H. The number of likely N-dealkylation sites (N-methyl/N-ethyl adjacent to an activating group) is 1. The molecule has 1 rings (SSSR count). The Morgan fingerprint density at radius 1 is 1.24 bits per heavy atom. The van der Waals surface area contributed by atoms with Crippen molar-refractivity contribution in [3.05, 3.63) is 29.1 Å². The number of carbonyl (C=O) groups is 1. The Kier molecular flexibility index (Phi) is 10.0. The molecule has 0 spiro atoms. The number of rotatable bonds is 4. The van der Waals surface area contributed by atoms with E-state index >= 15 is 0 Å². The molecule has 0 saturated carbocycles. The van der Waals surface area contributed by atoms with E-state index in [1.54, 1.807) is 0 Å². The van der Waals surface area contributed by atoms with Gasteiger partial charge in [-0.3, -0.25) is 9.78 Å². The van der Waals surface area contributed by atoms with E-state index in [-0.39, 0.29) is 30.7 Å². The smallest absolute Gasteiger partial charge is 0.253 e. The zero-order valence-electron chi connectivity index (χ0n) is 10.2. The third-order valence-corrected chi connectivity index (χ3v) is 2.13. The molecule has 2 N–H and O–H groups in total. The number of nitrogens with zero attached hydrogens (tertiary/aromatic N) is 1. The number of amides is 1. The lowest BCUT2D eigenvalue weighted by Crippen LogP contribution is -2.31. The zero-order chi connectivity index (χ0) is 11.3. The number of aryl methyl sites for hydroxylation is 2. The molecule has 17 heavy (non-hydrogen) atoms. The largest absolute Gasteiger partial charge is 0.351 e. The Morgan fingerprint density at radius 2 is 1.88 bits per heavy atom. The molecule has 0 aromatic carbocycles. The first-order chi connectivity index (χ1) is 7.15. The highest BCUT2D eigenvalue weighted by Crippen LogP contribution is 2.05. The average molecular weight is 280 g/mol. The minimum Gasteiger partial charge on any atom is -0.351 e. The molecular formula is C11H19Cl2N3O. The van der Waals surface area contributed by atoms with Gasteiger partial charge in [0.2, 0.25) is 0 Å². The second-order valence-corrected chi connectivity index (χ2v) is 3.45. The van der Waals surface area contributed by atoms with Crippen molar-refractivity contribution in [1.29, 1.82) is 0 Å². The van der Waals surface area contributed by atoms with Crippen LogP contribution in [-0.2, 0) is 0 Å². The fourth-order valence-electron chi connectivity index (χ4n) is 1.32. The van der Waals surface area contributed by atoms with E-state index in [2.05, 4.69) is 15.6 Å². The van der Waals surface area contributed by atoms with E-state index in [1.807, 2.05) is 33.0 Å².